The molecule has 2 fully saturated rings. The number of nitrogens with zero attached hydrogens (tertiary/aromatic N) is 2. The van der Waals surface area contributed by atoms with Gasteiger partial charge in [0.1, 0.15) is 0 Å². The number of primary amides is 1. The number of carbonyl (C=O) groups excluding carboxylic acids is 2. The second-order valence-corrected chi connectivity index (χ2v) is 11.5. The van der Waals surface area contributed by atoms with Crippen molar-refractivity contribution in [1.29, 1.82) is 0 Å². The van der Waals surface area contributed by atoms with E-state index in [1.165, 1.54) is 5.56 Å². The molecule has 3 heterocycles. The Hall–Kier alpha value is -3.80. The summed E-state index contributed by atoms with van der Waals surface area (Å²) in [6.45, 7) is 8.35. The molecule has 2 saturated heterocycles. The Morgan fingerprint density at radius 2 is 1.48 bits per heavy atom. The Labute approximate surface area is 242 Å². The van der Waals surface area contributed by atoms with Gasteiger partial charge in [0.2, 0.25) is 11.7 Å². The van der Waals surface area contributed by atoms with Gasteiger partial charge in [-0.05, 0) is 61.9 Å². The maximum Gasteiger partial charge on any atom is 0.490 e. The number of fused-ring (bicyclic) bond motifs is 1. The third-order valence-corrected chi connectivity index (χ3v) is 8.04. The number of amides is 2. The number of rotatable bonds is 5. The number of ether oxygens (including phenoxy) is 2. The van der Waals surface area contributed by atoms with E-state index in [0.29, 0.717) is 16.5 Å². The summed E-state index contributed by atoms with van der Waals surface area (Å²) < 4.78 is 43.7. The molecule has 0 aromatic heterocycles. The minimum absolute atomic E-state index is 0.0113. The number of carbonyl (C=O) groups is 3. The van der Waals surface area contributed by atoms with E-state index >= 15 is 0 Å². The number of hydrogen-bond acceptors (Lipinski definition) is 6. The van der Waals surface area contributed by atoms with Crippen molar-refractivity contribution >= 4 is 17.8 Å². The molecule has 0 saturated carbocycles. The van der Waals surface area contributed by atoms with Gasteiger partial charge < -0.3 is 25.2 Å². The lowest BCUT2D eigenvalue weighted by Gasteiger charge is -2.47. The van der Waals surface area contributed by atoms with Crippen LogP contribution >= 0.6 is 0 Å². The van der Waals surface area contributed by atoms with Gasteiger partial charge in [0.15, 0.2) is 11.5 Å². The molecule has 228 valence electrons. The summed E-state index contributed by atoms with van der Waals surface area (Å²) in [5.41, 5.74) is 8.18. The number of hydrogen-bond donors (Lipinski definition) is 2. The number of benzene rings is 2. The number of halogens is 3. The number of likely N-dealkylation sites (tertiary alicyclic amines) is 2. The average molecular weight is 592 g/mol. The molecular formula is C30H36F3N3O6. The molecule has 3 aliphatic heterocycles. The highest BCUT2D eigenvalue weighted by Crippen LogP contribution is 2.44. The molecule has 0 bridgehead atoms. The van der Waals surface area contributed by atoms with Gasteiger partial charge in [0.25, 0.3) is 5.91 Å². The second-order valence-electron chi connectivity index (χ2n) is 11.5. The van der Waals surface area contributed by atoms with Gasteiger partial charge in [-0.1, -0.05) is 30.3 Å². The minimum atomic E-state index is -5.08. The van der Waals surface area contributed by atoms with Gasteiger partial charge in [-0.15, -0.1) is 0 Å². The molecule has 0 atom stereocenters. The molecule has 3 N–H and O–H groups in total. The quantitative estimate of drug-likeness (QED) is 0.530. The summed E-state index contributed by atoms with van der Waals surface area (Å²) in [6.07, 6.45) is -0.655. The first-order valence-electron chi connectivity index (χ1n) is 13.9. The van der Waals surface area contributed by atoms with Crippen LogP contribution < -0.4 is 15.2 Å². The lowest BCUT2D eigenvalue weighted by atomic mass is 9.71. The Balaban J connectivity index is 0.000000517. The Morgan fingerprint density at radius 1 is 0.905 bits per heavy atom. The molecular weight excluding hydrogens is 555 g/mol. The largest absolute Gasteiger partial charge is 0.490 e. The highest BCUT2D eigenvalue weighted by Gasteiger charge is 2.40. The molecule has 0 aliphatic carbocycles. The number of piperidine rings is 2. The fraction of sp³-hybridized carbons (Fsp3) is 0.500. The molecule has 1 spiro atoms. The van der Waals surface area contributed by atoms with E-state index in [1.807, 2.05) is 49.1 Å². The zero-order chi connectivity index (χ0) is 30.7. The normalized spacial score (nSPS) is 19.1. The number of alkyl halides is 3. The van der Waals surface area contributed by atoms with Crippen molar-refractivity contribution in [1.82, 2.24) is 9.80 Å². The van der Waals surface area contributed by atoms with Crippen LogP contribution in [0.3, 0.4) is 0 Å². The van der Waals surface area contributed by atoms with E-state index in [2.05, 4.69) is 11.0 Å². The van der Waals surface area contributed by atoms with Crippen molar-refractivity contribution in [3.8, 4) is 11.5 Å². The number of carboxylic acids is 1. The average Bonchev–Trinajstić information content (AvgIpc) is 3.25. The SMILES string of the molecule is CC1(C)Oc2cccc(CN3CCC4(CC3)CCN(C(=O)c3ccccc3CC(N)=O)CC4)c2O1.O=C(O)C(F)(F)F. The maximum atomic E-state index is 13.2. The van der Waals surface area contributed by atoms with E-state index in [4.69, 9.17) is 25.1 Å². The van der Waals surface area contributed by atoms with Crippen LogP contribution in [0.4, 0.5) is 13.2 Å². The van der Waals surface area contributed by atoms with Gasteiger partial charge in [-0.2, -0.15) is 13.2 Å². The van der Waals surface area contributed by atoms with E-state index in [-0.39, 0.29) is 12.3 Å². The van der Waals surface area contributed by atoms with E-state index < -0.39 is 23.8 Å². The monoisotopic (exact) mass is 591 g/mol. The summed E-state index contributed by atoms with van der Waals surface area (Å²) in [5.74, 6) is -2.07. The Morgan fingerprint density at radius 3 is 2.07 bits per heavy atom. The van der Waals surface area contributed by atoms with Crippen molar-refractivity contribution in [2.24, 2.45) is 11.1 Å². The van der Waals surface area contributed by atoms with E-state index in [9.17, 15) is 22.8 Å². The number of nitrogens with two attached hydrogens (primary N) is 1. The number of para-hydroxylation sites is 1. The van der Waals surface area contributed by atoms with Crippen molar-refractivity contribution in [3.05, 3.63) is 59.2 Å². The lowest BCUT2D eigenvalue weighted by molar-refractivity contribution is -0.192. The van der Waals surface area contributed by atoms with Crippen molar-refractivity contribution in [2.45, 2.75) is 64.5 Å². The van der Waals surface area contributed by atoms with Gasteiger partial charge in [-0.3, -0.25) is 14.5 Å². The summed E-state index contributed by atoms with van der Waals surface area (Å²) >= 11 is 0. The molecule has 12 heteroatoms. The maximum absolute atomic E-state index is 13.2. The van der Waals surface area contributed by atoms with Crippen LogP contribution in [-0.4, -0.2) is 70.8 Å². The molecule has 5 rings (SSSR count). The summed E-state index contributed by atoms with van der Waals surface area (Å²) in [6, 6.07) is 13.5. The highest BCUT2D eigenvalue weighted by molar-refractivity contribution is 5.97. The fourth-order valence-electron chi connectivity index (χ4n) is 5.77. The number of carboxylic acid groups (broad SMARTS) is 1. The molecule has 3 aliphatic rings. The van der Waals surface area contributed by atoms with Crippen molar-refractivity contribution in [3.63, 3.8) is 0 Å². The highest BCUT2D eigenvalue weighted by atomic mass is 19.4. The van der Waals surface area contributed by atoms with Gasteiger partial charge in [0, 0.05) is 44.6 Å². The molecule has 9 nitrogen and oxygen atoms in total. The Kier molecular flexibility index (Phi) is 9.05. The summed E-state index contributed by atoms with van der Waals surface area (Å²) in [4.78, 5) is 38.0. The molecule has 42 heavy (non-hydrogen) atoms. The first-order chi connectivity index (χ1) is 19.7. The van der Waals surface area contributed by atoms with Crippen molar-refractivity contribution < 1.29 is 42.1 Å². The first-order valence-corrected chi connectivity index (χ1v) is 13.9. The summed E-state index contributed by atoms with van der Waals surface area (Å²) in [5, 5.41) is 7.12. The van der Waals surface area contributed by atoms with Crippen LogP contribution in [0, 0.1) is 5.41 Å². The van der Waals surface area contributed by atoms with Crippen LogP contribution in [0.1, 0.15) is 61.0 Å². The molecule has 0 unspecified atom stereocenters. The predicted molar refractivity (Wildman–Crippen MR) is 147 cm³/mol. The molecule has 2 amide bonds. The van der Waals surface area contributed by atoms with Gasteiger partial charge >= 0.3 is 12.1 Å². The minimum Gasteiger partial charge on any atom is -0.475 e. The van der Waals surface area contributed by atoms with Crippen LogP contribution in [-0.2, 0) is 22.6 Å². The van der Waals surface area contributed by atoms with Gasteiger partial charge in [-0.25, -0.2) is 4.79 Å². The lowest BCUT2D eigenvalue weighted by Crippen LogP contribution is -2.48. The molecule has 0 radical (unpaired) electrons. The smallest absolute Gasteiger partial charge is 0.475 e. The van der Waals surface area contributed by atoms with E-state index in [0.717, 1.165) is 69.9 Å². The van der Waals surface area contributed by atoms with E-state index in [1.54, 1.807) is 6.07 Å². The molecule has 2 aromatic carbocycles. The fourth-order valence-corrected chi connectivity index (χ4v) is 5.77. The second kappa shape index (κ2) is 12.2. The molecule has 2 aromatic rings. The third kappa shape index (κ3) is 7.53. The number of aliphatic carboxylic acids is 1. The van der Waals surface area contributed by atoms with Crippen LogP contribution in [0.25, 0.3) is 0 Å². The van der Waals surface area contributed by atoms with Gasteiger partial charge in [0.05, 0.1) is 6.42 Å². The van der Waals surface area contributed by atoms with Crippen molar-refractivity contribution in [2.75, 3.05) is 26.2 Å². The zero-order valence-electron chi connectivity index (χ0n) is 23.7. The summed E-state index contributed by atoms with van der Waals surface area (Å²) in [7, 11) is 0. The third-order valence-electron chi connectivity index (χ3n) is 8.04. The Bertz CT molecular complexity index is 1310. The van der Waals surface area contributed by atoms with Crippen LogP contribution in [0.15, 0.2) is 42.5 Å². The standard InChI is InChI=1S/C28H35N3O4.C2HF3O2/c1-27(2)34-23-9-5-7-21(25(23)35-27)19-30-14-10-28(11-15-30)12-16-31(17-13-28)26(33)22-8-4-3-6-20(22)18-24(29)32;3-2(4,5)1(6)7/h3-9H,10-19H2,1-2H3,(H2,29,32);(H,6,7). The zero-order valence-corrected chi connectivity index (χ0v) is 23.7. The van der Waals surface area contributed by atoms with Crippen LogP contribution in [0.5, 0.6) is 11.5 Å². The topological polar surface area (TPSA) is 122 Å². The predicted octanol–water partition coefficient (Wildman–Crippen LogP) is 4.37. The first kappa shape index (κ1) is 31.1. The van der Waals surface area contributed by atoms with Crippen LogP contribution in [0.2, 0.25) is 0 Å².